The Kier molecular flexibility index (Phi) is 5.96. The average Bonchev–Trinajstić information content (AvgIpc) is 2.93. The molecule has 0 radical (unpaired) electrons. The van der Waals surface area contributed by atoms with Crippen molar-refractivity contribution in [3.63, 3.8) is 0 Å². The molecule has 0 bridgehead atoms. The van der Waals surface area contributed by atoms with Crippen molar-refractivity contribution in [3.8, 4) is 0 Å². The van der Waals surface area contributed by atoms with E-state index in [1.165, 1.54) is 5.56 Å². The Morgan fingerprint density at radius 1 is 1.24 bits per heavy atom. The van der Waals surface area contributed by atoms with E-state index in [-0.39, 0.29) is 6.04 Å². The molecule has 0 fully saturated rings. The molecular weight excluding hydrogens is 262 g/mol. The molecule has 4 heteroatoms. The third-order valence-electron chi connectivity index (χ3n) is 3.35. The molecule has 114 valence electrons. The first-order chi connectivity index (χ1) is 10.2. The molecule has 0 aliphatic rings. The molecular formula is C17H25N3O. The molecule has 2 N–H and O–H groups in total. The second kappa shape index (κ2) is 7.96. The maximum atomic E-state index is 6.32. The monoisotopic (exact) mass is 287 g/mol. The van der Waals surface area contributed by atoms with E-state index in [4.69, 9.17) is 10.5 Å². The van der Waals surface area contributed by atoms with Crippen LogP contribution >= 0.6 is 0 Å². The Bertz CT molecular complexity index is 522. The lowest BCUT2D eigenvalue weighted by atomic mass is 10.0. The van der Waals surface area contributed by atoms with Gasteiger partial charge in [0.1, 0.15) is 0 Å². The largest absolute Gasteiger partial charge is 0.379 e. The van der Waals surface area contributed by atoms with Gasteiger partial charge in [0.15, 0.2) is 0 Å². The van der Waals surface area contributed by atoms with Crippen molar-refractivity contribution in [1.82, 2.24) is 9.55 Å². The lowest BCUT2D eigenvalue weighted by Gasteiger charge is -2.15. The number of imidazole rings is 1. The predicted molar refractivity (Wildman–Crippen MR) is 85.0 cm³/mol. The normalized spacial score (nSPS) is 12.8. The highest BCUT2D eigenvalue weighted by Crippen LogP contribution is 2.15. The van der Waals surface area contributed by atoms with Crippen LogP contribution in [-0.4, -0.2) is 22.8 Å². The molecule has 4 nitrogen and oxygen atoms in total. The number of nitrogens with zero attached hydrogens (tertiary/aromatic N) is 2. The van der Waals surface area contributed by atoms with Crippen LogP contribution in [0.15, 0.2) is 42.9 Å². The van der Waals surface area contributed by atoms with Crippen molar-refractivity contribution in [2.75, 3.05) is 13.2 Å². The molecule has 0 spiro atoms. The predicted octanol–water partition coefficient (Wildman–Crippen LogP) is 2.80. The molecule has 2 rings (SSSR count). The second-order valence-corrected chi connectivity index (χ2v) is 5.78. The summed E-state index contributed by atoms with van der Waals surface area (Å²) in [5.74, 6) is 0.563. The van der Waals surface area contributed by atoms with Gasteiger partial charge in [-0.3, -0.25) is 0 Å². The Labute approximate surface area is 127 Å². The van der Waals surface area contributed by atoms with Crippen LogP contribution < -0.4 is 5.73 Å². The van der Waals surface area contributed by atoms with Crippen LogP contribution in [0.25, 0.3) is 0 Å². The fraction of sp³-hybridized carbons (Fsp3) is 0.471. The van der Waals surface area contributed by atoms with Gasteiger partial charge in [0.25, 0.3) is 0 Å². The molecule has 0 aliphatic heterocycles. The summed E-state index contributed by atoms with van der Waals surface area (Å²) in [6.45, 7) is 6.58. The van der Waals surface area contributed by atoms with Crippen LogP contribution in [-0.2, 0) is 17.7 Å². The van der Waals surface area contributed by atoms with Crippen LogP contribution in [0.1, 0.15) is 31.1 Å². The highest BCUT2D eigenvalue weighted by Gasteiger charge is 2.12. The zero-order chi connectivity index (χ0) is 15.1. The number of hydrogen-bond donors (Lipinski definition) is 1. The van der Waals surface area contributed by atoms with E-state index >= 15 is 0 Å². The molecule has 1 aromatic carbocycles. The van der Waals surface area contributed by atoms with E-state index in [9.17, 15) is 0 Å². The van der Waals surface area contributed by atoms with Gasteiger partial charge in [0.05, 0.1) is 24.7 Å². The zero-order valence-electron chi connectivity index (χ0n) is 12.9. The van der Waals surface area contributed by atoms with Gasteiger partial charge in [-0.1, -0.05) is 44.2 Å². The lowest BCUT2D eigenvalue weighted by Crippen LogP contribution is -2.19. The summed E-state index contributed by atoms with van der Waals surface area (Å²) in [5, 5.41) is 0. The van der Waals surface area contributed by atoms with Crippen molar-refractivity contribution in [2.45, 2.75) is 32.9 Å². The summed E-state index contributed by atoms with van der Waals surface area (Å²) in [7, 11) is 0. The van der Waals surface area contributed by atoms with E-state index in [1.807, 2.05) is 30.7 Å². The van der Waals surface area contributed by atoms with Crippen LogP contribution in [0.5, 0.6) is 0 Å². The Hall–Kier alpha value is -1.65. The summed E-state index contributed by atoms with van der Waals surface area (Å²) in [6, 6.07) is 10.3. The van der Waals surface area contributed by atoms with Crippen LogP contribution in [0.2, 0.25) is 0 Å². The van der Waals surface area contributed by atoms with E-state index in [2.05, 4.69) is 35.5 Å². The van der Waals surface area contributed by atoms with Crippen LogP contribution in [0.3, 0.4) is 0 Å². The quantitative estimate of drug-likeness (QED) is 0.760. The third kappa shape index (κ3) is 4.99. The van der Waals surface area contributed by atoms with Crippen molar-refractivity contribution in [3.05, 3.63) is 54.1 Å². The molecule has 2 aromatic rings. The van der Waals surface area contributed by atoms with Gasteiger partial charge < -0.3 is 15.0 Å². The smallest absolute Gasteiger partial charge is 0.0949 e. The molecule has 0 unspecified atom stereocenters. The van der Waals surface area contributed by atoms with Crippen LogP contribution in [0.4, 0.5) is 0 Å². The summed E-state index contributed by atoms with van der Waals surface area (Å²) in [4.78, 5) is 4.23. The summed E-state index contributed by atoms with van der Waals surface area (Å²) in [5.41, 5.74) is 8.63. The molecule has 1 aromatic heterocycles. The van der Waals surface area contributed by atoms with Gasteiger partial charge in [-0.05, 0) is 17.9 Å². The van der Waals surface area contributed by atoms with Crippen LogP contribution in [0, 0.1) is 5.92 Å². The maximum Gasteiger partial charge on any atom is 0.0949 e. The zero-order valence-corrected chi connectivity index (χ0v) is 12.9. The number of nitrogens with two attached hydrogens (primary N) is 1. The summed E-state index contributed by atoms with van der Waals surface area (Å²) >= 11 is 0. The van der Waals surface area contributed by atoms with Crippen molar-refractivity contribution < 1.29 is 4.74 Å². The van der Waals surface area contributed by atoms with E-state index in [0.717, 1.165) is 25.3 Å². The SMILES string of the molecule is CC(C)COCCn1cncc1[C@H](N)Cc1ccccc1. The fourth-order valence-corrected chi connectivity index (χ4v) is 2.28. The van der Waals surface area contributed by atoms with E-state index in [0.29, 0.717) is 12.5 Å². The fourth-order valence-electron chi connectivity index (χ4n) is 2.28. The standard InChI is InChI=1S/C17H25N3O/c1-14(2)12-21-9-8-20-13-19-11-17(20)16(18)10-15-6-4-3-5-7-15/h3-7,11,13-14,16H,8-10,12,18H2,1-2H3/t16-/m1/s1. The first-order valence-electron chi connectivity index (χ1n) is 7.54. The number of hydrogen-bond acceptors (Lipinski definition) is 3. The molecule has 0 saturated heterocycles. The van der Waals surface area contributed by atoms with Gasteiger partial charge in [-0.25, -0.2) is 4.98 Å². The van der Waals surface area contributed by atoms with E-state index < -0.39 is 0 Å². The lowest BCUT2D eigenvalue weighted by molar-refractivity contribution is 0.102. The van der Waals surface area contributed by atoms with E-state index in [1.54, 1.807) is 0 Å². The molecule has 0 aliphatic carbocycles. The highest BCUT2D eigenvalue weighted by atomic mass is 16.5. The number of benzene rings is 1. The summed E-state index contributed by atoms with van der Waals surface area (Å²) in [6.07, 6.45) is 4.51. The van der Waals surface area contributed by atoms with Gasteiger partial charge >= 0.3 is 0 Å². The summed E-state index contributed by atoms with van der Waals surface area (Å²) < 4.78 is 7.72. The molecule has 1 atom stereocenters. The minimum atomic E-state index is -0.0417. The number of ether oxygens (including phenoxy) is 1. The van der Waals surface area contributed by atoms with Gasteiger partial charge in [-0.2, -0.15) is 0 Å². The molecule has 0 saturated carbocycles. The van der Waals surface area contributed by atoms with Crippen molar-refractivity contribution in [2.24, 2.45) is 11.7 Å². The molecule has 0 amide bonds. The second-order valence-electron chi connectivity index (χ2n) is 5.78. The highest BCUT2D eigenvalue weighted by molar-refractivity contribution is 5.18. The topological polar surface area (TPSA) is 53.1 Å². The third-order valence-corrected chi connectivity index (χ3v) is 3.35. The first kappa shape index (κ1) is 15.7. The van der Waals surface area contributed by atoms with Crippen molar-refractivity contribution >= 4 is 0 Å². The minimum absolute atomic E-state index is 0.0417. The van der Waals surface area contributed by atoms with Gasteiger partial charge in [0.2, 0.25) is 0 Å². The van der Waals surface area contributed by atoms with Crippen molar-refractivity contribution in [1.29, 1.82) is 0 Å². The van der Waals surface area contributed by atoms with Gasteiger partial charge in [0, 0.05) is 19.3 Å². The van der Waals surface area contributed by atoms with Gasteiger partial charge in [-0.15, -0.1) is 0 Å². The average molecular weight is 287 g/mol. The minimum Gasteiger partial charge on any atom is -0.379 e. The Morgan fingerprint density at radius 3 is 2.71 bits per heavy atom. The number of rotatable bonds is 8. The molecule has 1 heterocycles. The molecule has 21 heavy (non-hydrogen) atoms. The Balaban J connectivity index is 1.89. The maximum absolute atomic E-state index is 6.32. The Morgan fingerprint density at radius 2 is 2.00 bits per heavy atom. The first-order valence-corrected chi connectivity index (χ1v) is 7.54. The number of aromatic nitrogens is 2.